The topological polar surface area (TPSA) is 63.4 Å². The SMILES string of the molecule is O=C(c1cc[n+]([O-])cc1)N1CCN(Cc2csc(-c3ccccc3)n2)CC1. The second kappa shape index (κ2) is 7.85. The molecule has 0 saturated carbocycles. The molecular formula is C20H20N4O2S. The minimum atomic E-state index is -0.0183. The van der Waals surface area contributed by atoms with Crippen LogP contribution in [0.4, 0.5) is 0 Å². The number of piperazine rings is 1. The van der Waals surface area contributed by atoms with Crippen molar-refractivity contribution in [2.45, 2.75) is 6.54 Å². The molecule has 27 heavy (non-hydrogen) atoms. The van der Waals surface area contributed by atoms with Gasteiger partial charge >= 0.3 is 0 Å². The maximum absolute atomic E-state index is 12.5. The molecule has 1 aliphatic heterocycles. The molecule has 1 amide bonds. The smallest absolute Gasteiger partial charge is 0.254 e. The lowest BCUT2D eigenvalue weighted by molar-refractivity contribution is -0.605. The van der Waals surface area contributed by atoms with Gasteiger partial charge in [0.15, 0.2) is 12.4 Å². The highest BCUT2D eigenvalue weighted by molar-refractivity contribution is 7.13. The molecule has 3 aromatic rings. The van der Waals surface area contributed by atoms with Gasteiger partial charge in [-0.3, -0.25) is 9.69 Å². The zero-order chi connectivity index (χ0) is 18.6. The highest BCUT2D eigenvalue weighted by atomic mass is 32.1. The third kappa shape index (κ3) is 4.15. The first-order valence-corrected chi connectivity index (χ1v) is 9.77. The highest BCUT2D eigenvalue weighted by Crippen LogP contribution is 2.24. The summed E-state index contributed by atoms with van der Waals surface area (Å²) < 4.78 is 0.687. The van der Waals surface area contributed by atoms with Crippen LogP contribution < -0.4 is 4.73 Å². The molecule has 0 radical (unpaired) electrons. The van der Waals surface area contributed by atoms with Gasteiger partial charge in [0.25, 0.3) is 5.91 Å². The quantitative estimate of drug-likeness (QED) is 0.515. The van der Waals surface area contributed by atoms with E-state index in [1.54, 1.807) is 23.5 Å². The molecular weight excluding hydrogens is 360 g/mol. The molecule has 1 aliphatic rings. The monoisotopic (exact) mass is 380 g/mol. The van der Waals surface area contributed by atoms with Crippen molar-refractivity contribution in [1.29, 1.82) is 0 Å². The number of carbonyl (C=O) groups excluding carboxylic acids is 1. The van der Waals surface area contributed by atoms with Gasteiger partial charge in [-0.1, -0.05) is 30.3 Å². The Balaban J connectivity index is 1.33. The molecule has 6 nitrogen and oxygen atoms in total. The largest absolute Gasteiger partial charge is 0.619 e. The fourth-order valence-corrected chi connectivity index (χ4v) is 3.99. The van der Waals surface area contributed by atoms with Crippen LogP contribution in [0, 0.1) is 5.21 Å². The van der Waals surface area contributed by atoms with Crippen molar-refractivity contribution in [2.75, 3.05) is 26.2 Å². The molecule has 7 heteroatoms. The lowest BCUT2D eigenvalue weighted by Gasteiger charge is -2.34. The predicted molar refractivity (Wildman–Crippen MR) is 104 cm³/mol. The van der Waals surface area contributed by atoms with Crippen LogP contribution >= 0.6 is 11.3 Å². The number of carbonyl (C=O) groups is 1. The van der Waals surface area contributed by atoms with Crippen LogP contribution in [-0.2, 0) is 6.54 Å². The summed E-state index contributed by atoms with van der Waals surface area (Å²) in [6.45, 7) is 3.80. The van der Waals surface area contributed by atoms with Gasteiger partial charge in [0.05, 0.1) is 11.3 Å². The molecule has 2 aromatic heterocycles. The van der Waals surface area contributed by atoms with E-state index >= 15 is 0 Å². The standard InChI is InChI=1S/C20H20N4O2S/c25-20(17-6-8-24(26)9-7-17)23-12-10-22(11-13-23)14-18-15-27-19(21-18)16-4-2-1-3-5-16/h1-9,15H,10-14H2. The number of nitrogens with zero attached hydrogens (tertiary/aromatic N) is 4. The molecule has 0 atom stereocenters. The summed E-state index contributed by atoms with van der Waals surface area (Å²) in [5.41, 5.74) is 2.77. The summed E-state index contributed by atoms with van der Waals surface area (Å²) >= 11 is 1.67. The van der Waals surface area contributed by atoms with Crippen molar-refractivity contribution < 1.29 is 9.52 Å². The van der Waals surface area contributed by atoms with Crippen LogP contribution in [0.1, 0.15) is 16.1 Å². The van der Waals surface area contributed by atoms with Gasteiger partial charge in [-0.05, 0) is 0 Å². The maximum Gasteiger partial charge on any atom is 0.254 e. The van der Waals surface area contributed by atoms with Gasteiger partial charge < -0.3 is 10.1 Å². The van der Waals surface area contributed by atoms with Crippen molar-refractivity contribution in [1.82, 2.24) is 14.8 Å². The summed E-state index contributed by atoms with van der Waals surface area (Å²) in [5.74, 6) is -0.0183. The van der Waals surface area contributed by atoms with Crippen LogP contribution in [0.15, 0.2) is 60.2 Å². The molecule has 3 heterocycles. The predicted octanol–water partition coefficient (Wildman–Crippen LogP) is 2.40. The minimum absolute atomic E-state index is 0.0183. The van der Waals surface area contributed by atoms with E-state index in [0.717, 1.165) is 35.9 Å². The van der Waals surface area contributed by atoms with E-state index in [-0.39, 0.29) is 5.91 Å². The van der Waals surface area contributed by atoms with Crippen molar-refractivity contribution in [3.8, 4) is 10.6 Å². The second-order valence-corrected chi connectivity index (χ2v) is 7.38. The lowest BCUT2D eigenvalue weighted by Crippen LogP contribution is -2.48. The number of benzene rings is 1. The zero-order valence-electron chi connectivity index (χ0n) is 14.8. The molecule has 1 saturated heterocycles. The summed E-state index contributed by atoms with van der Waals surface area (Å²) in [4.78, 5) is 21.4. The van der Waals surface area contributed by atoms with E-state index in [0.29, 0.717) is 23.4 Å². The van der Waals surface area contributed by atoms with E-state index in [9.17, 15) is 10.0 Å². The van der Waals surface area contributed by atoms with Gasteiger partial charge in [-0.15, -0.1) is 11.3 Å². The highest BCUT2D eigenvalue weighted by Gasteiger charge is 2.23. The van der Waals surface area contributed by atoms with Crippen LogP contribution in [0.25, 0.3) is 10.6 Å². The third-order valence-electron chi connectivity index (χ3n) is 4.67. The average molecular weight is 380 g/mol. The van der Waals surface area contributed by atoms with Crippen molar-refractivity contribution in [3.05, 3.63) is 76.7 Å². The van der Waals surface area contributed by atoms with Gasteiger partial charge in [-0.25, -0.2) is 4.98 Å². The third-order valence-corrected chi connectivity index (χ3v) is 5.61. The minimum Gasteiger partial charge on any atom is -0.619 e. The van der Waals surface area contributed by atoms with E-state index in [1.165, 1.54) is 12.4 Å². The molecule has 1 fully saturated rings. The first kappa shape index (κ1) is 17.6. The van der Waals surface area contributed by atoms with E-state index in [1.807, 2.05) is 23.1 Å². The van der Waals surface area contributed by atoms with Crippen molar-refractivity contribution >= 4 is 17.2 Å². The molecule has 0 unspecified atom stereocenters. The zero-order valence-corrected chi connectivity index (χ0v) is 15.6. The normalized spacial score (nSPS) is 15.0. The maximum atomic E-state index is 12.5. The summed E-state index contributed by atoms with van der Waals surface area (Å²) in [7, 11) is 0. The second-order valence-electron chi connectivity index (χ2n) is 6.53. The fraction of sp³-hybridized carbons (Fsp3) is 0.250. The molecule has 1 aromatic carbocycles. The first-order valence-electron chi connectivity index (χ1n) is 8.89. The van der Waals surface area contributed by atoms with Crippen LogP contribution in [0.5, 0.6) is 0 Å². The Morgan fingerprint density at radius 3 is 2.48 bits per heavy atom. The Morgan fingerprint density at radius 2 is 1.78 bits per heavy atom. The number of amides is 1. The van der Waals surface area contributed by atoms with Gasteiger partial charge in [0.2, 0.25) is 0 Å². The number of pyridine rings is 1. The Hall–Kier alpha value is -2.77. The van der Waals surface area contributed by atoms with Gasteiger partial charge in [-0.2, -0.15) is 4.73 Å². The number of thiazole rings is 1. The molecule has 0 bridgehead atoms. The molecule has 0 aliphatic carbocycles. The Bertz CT molecular complexity index is 903. The first-order chi connectivity index (χ1) is 13.2. The van der Waals surface area contributed by atoms with Crippen LogP contribution in [0.3, 0.4) is 0 Å². The van der Waals surface area contributed by atoms with Crippen molar-refractivity contribution in [2.24, 2.45) is 0 Å². The van der Waals surface area contributed by atoms with Crippen LogP contribution in [-0.4, -0.2) is 46.9 Å². The van der Waals surface area contributed by atoms with Gasteiger partial charge in [0.1, 0.15) is 5.01 Å². The Kier molecular flexibility index (Phi) is 5.13. The van der Waals surface area contributed by atoms with Crippen LogP contribution in [0.2, 0.25) is 0 Å². The number of aromatic nitrogens is 2. The molecule has 0 N–H and O–H groups in total. The summed E-state index contributed by atoms with van der Waals surface area (Å²) in [5, 5.41) is 14.3. The molecule has 138 valence electrons. The number of hydrogen-bond acceptors (Lipinski definition) is 5. The Labute approximate surface area is 161 Å². The van der Waals surface area contributed by atoms with E-state index in [4.69, 9.17) is 4.98 Å². The fourth-order valence-electron chi connectivity index (χ4n) is 3.17. The average Bonchev–Trinajstić information content (AvgIpc) is 3.18. The molecule has 0 spiro atoms. The van der Waals surface area contributed by atoms with E-state index in [2.05, 4.69) is 22.4 Å². The van der Waals surface area contributed by atoms with Crippen molar-refractivity contribution in [3.63, 3.8) is 0 Å². The number of hydrogen-bond donors (Lipinski definition) is 0. The van der Waals surface area contributed by atoms with Gasteiger partial charge in [0, 0.05) is 55.8 Å². The Morgan fingerprint density at radius 1 is 1.07 bits per heavy atom. The lowest BCUT2D eigenvalue weighted by atomic mass is 10.2. The molecule has 4 rings (SSSR count). The summed E-state index contributed by atoms with van der Waals surface area (Å²) in [6.07, 6.45) is 2.71. The van der Waals surface area contributed by atoms with E-state index < -0.39 is 0 Å². The number of rotatable bonds is 4. The summed E-state index contributed by atoms with van der Waals surface area (Å²) in [6, 6.07) is 13.3.